The number of nitrogens with one attached hydrogen (secondary N) is 2. The van der Waals surface area contributed by atoms with Gasteiger partial charge in [-0.3, -0.25) is 0 Å². The van der Waals surface area contributed by atoms with Crippen molar-refractivity contribution in [2.45, 2.75) is 33.7 Å². The SMILES string of the molecule is CCc1ccsc1CNCCNCC(C)C. The van der Waals surface area contributed by atoms with Crippen LogP contribution in [0.1, 0.15) is 31.2 Å². The molecular formula is C13H24N2S. The smallest absolute Gasteiger partial charge is 0.0303 e. The fourth-order valence-corrected chi connectivity index (χ4v) is 2.55. The molecule has 0 spiro atoms. The zero-order valence-corrected chi connectivity index (χ0v) is 11.5. The van der Waals surface area contributed by atoms with E-state index in [-0.39, 0.29) is 0 Å². The second kappa shape index (κ2) is 7.82. The lowest BCUT2D eigenvalue weighted by atomic mass is 10.2. The van der Waals surface area contributed by atoms with Crippen molar-refractivity contribution in [3.05, 3.63) is 21.9 Å². The summed E-state index contributed by atoms with van der Waals surface area (Å²) < 4.78 is 0. The molecule has 0 saturated carbocycles. The zero-order chi connectivity index (χ0) is 11.8. The highest BCUT2D eigenvalue weighted by Crippen LogP contribution is 2.16. The minimum Gasteiger partial charge on any atom is -0.315 e. The van der Waals surface area contributed by atoms with Gasteiger partial charge in [0.25, 0.3) is 0 Å². The van der Waals surface area contributed by atoms with Gasteiger partial charge in [-0.05, 0) is 35.9 Å². The highest BCUT2D eigenvalue weighted by atomic mass is 32.1. The van der Waals surface area contributed by atoms with Crippen molar-refractivity contribution in [1.82, 2.24) is 10.6 Å². The Hall–Kier alpha value is -0.380. The molecule has 92 valence electrons. The van der Waals surface area contributed by atoms with Crippen LogP contribution in [0, 0.1) is 5.92 Å². The van der Waals surface area contributed by atoms with Gasteiger partial charge in [-0.1, -0.05) is 20.8 Å². The molecule has 0 aromatic carbocycles. The van der Waals surface area contributed by atoms with Crippen LogP contribution in [0.15, 0.2) is 11.4 Å². The van der Waals surface area contributed by atoms with E-state index in [0.717, 1.165) is 38.5 Å². The van der Waals surface area contributed by atoms with E-state index in [1.54, 1.807) is 0 Å². The number of rotatable bonds is 8. The fraction of sp³-hybridized carbons (Fsp3) is 0.692. The average Bonchev–Trinajstić information content (AvgIpc) is 2.70. The van der Waals surface area contributed by atoms with Crippen molar-refractivity contribution in [2.24, 2.45) is 5.92 Å². The van der Waals surface area contributed by atoms with Crippen molar-refractivity contribution in [3.8, 4) is 0 Å². The van der Waals surface area contributed by atoms with Crippen LogP contribution in [0.2, 0.25) is 0 Å². The summed E-state index contributed by atoms with van der Waals surface area (Å²) in [4.78, 5) is 1.49. The second-order valence-corrected chi connectivity index (χ2v) is 5.50. The molecule has 0 saturated heterocycles. The third-order valence-corrected chi connectivity index (χ3v) is 3.50. The van der Waals surface area contributed by atoms with Gasteiger partial charge in [0.05, 0.1) is 0 Å². The van der Waals surface area contributed by atoms with Crippen molar-refractivity contribution in [2.75, 3.05) is 19.6 Å². The van der Waals surface area contributed by atoms with Gasteiger partial charge in [0.2, 0.25) is 0 Å². The molecular weight excluding hydrogens is 216 g/mol. The van der Waals surface area contributed by atoms with E-state index in [2.05, 4.69) is 42.9 Å². The van der Waals surface area contributed by atoms with Gasteiger partial charge in [0, 0.05) is 24.5 Å². The maximum atomic E-state index is 3.48. The summed E-state index contributed by atoms with van der Waals surface area (Å²) in [6.45, 7) is 10.9. The normalized spacial score (nSPS) is 11.2. The van der Waals surface area contributed by atoms with E-state index in [1.807, 2.05) is 11.3 Å². The topological polar surface area (TPSA) is 24.1 Å². The minimum atomic E-state index is 0.740. The molecule has 1 rings (SSSR count). The van der Waals surface area contributed by atoms with E-state index < -0.39 is 0 Å². The van der Waals surface area contributed by atoms with Gasteiger partial charge in [0.15, 0.2) is 0 Å². The fourth-order valence-electron chi connectivity index (χ4n) is 1.61. The summed E-state index contributed by atoms with van der Waals surface area (Å²) >= 11 is 1.86. The molecule has 2 N–H and O–H groups in total. The maximum Gasteiger partial charge on any atom is 0.0303 e. The molecule has 0 bridgehead atoms. The van der Waals surface area contributed by atoms with Crippen LogP contribution in [0.4, 0.5) is 0 Å². The summed E-state index contributed by atoms with van der Waals surface area (Å²) in [6.07, 6.45) is 1.14. The van der Waals surface area contributed by atoms with Gasteiger partial charge in [-0.25, -0.2) is 0 Å². The van der Waals surface area contributed by atoms with Crippen molar-refractivity contribution < 1.29 is 0 Å². The third-order valence-electron chi connectivity index (χ3n) is 2.54. The predicted molar refractivity (Wildman–Crippen MR) is 73.1 cm³/mol. The lowest BCUT2D eigenvalue weighted by Gasteiger charge is -2.08. The number of aryl methyl sites for hydroxylation is 1. The maximum absolute atomic E-state index is 3.48. The van der Waals surface area contributed by atoms with Crippen molar-refractivity contribution >= 4 is 11.3 Å². The first-order chi connectivity index (χ1) is 7.74. The van der Waals surface area contributed by atoms with E-state index in [0.29, 0.717) is 0 Å². The van der Waals surface area contributed by atoms with Crippen LogP contribution >= 0.6 is 11.3 Å². The molecule has 1 aromatic heterocycles. The Kier molecular flexibility index (Phi) is 6.69. The van der Waals surface area contributed by atoms with Crippen LogP contribution in [-0.4, -0.2) is 19.6 Å². The van der Waals surface area contributed by atoms with Crippen LogP contribution in [-0.2, 0) is 13.0 Å². The molecule has 0 radical (unpaired) electrons. The lowest BCUT2D eigenvalue weighted by molar-refractivity contribution is 0.536. The Morgan fingerprint density at radius 2 is 2.00 bits per heavy atom. The molecule has 0 amide bonds. The largest absolute Gasteiger partial charge is 0.315 e. The molecule has 0 fully saturated rings. The van der Waals surface area contributed by atoms with Crippen molar-refractivity contribution in [1.29, 1.82) is 0 Å². The Balaban J connectivity index is 2.07. The lowest BCUT2D eigenvalue weighted by Crippen LogP contribution is -2.29. The van der Waals surface area contributed by atoms with Gasteiger partial charge < -0.3 is 10.6 Å². The number of hydrogen-bond acceptors (Lipinski definition) is 3. The minimum absolute atomic E-state index is 0.740. The summed E-state index contributed by atoms with van der Waals surface area (Å²) in [5, 5.41) is 9.11. The predicted octanol–water partition coefficient (Wildman–Crippen LogP) is 2.65. The number of hydrogen-bond donors (Lipinski definition) is 2. The first kappa shape index (κ1) is 13.7. The van der Waals surface area contributed by atoms with Crippen LogP contribution in [0.3, 0.4) is 0 Å². The van der Waals surface area contributed by atoms with E-state index in [9.17, 15) is 0 Å². The van der Waals surface area contributed by atoms with Crippen LogP contribution in [0.5, 0.6) is 0 Å². The van der Waals surface area contributed by atoms with Crippen LogP contribution < -0.4 is 10.6 Å². The van der Waals surface area contributed by atoms with Gasteiger partial charge in [-0.15, -0.1) is 11.3 Å². The first-order valence-corrected chi connectivity index (χ1v) is 7.08. The molecule has 0 atom stereocenters. The van der Waals surface area contributed by atoms with Crippen molar-refractivity contribution in [3.63, 3.8) is 0 Å². The third kappa shape index (κ3) is 5.10. The summed E-state index contributed by atoms with van der Waals surface area (Å²) in [5.41, 5.74) is 1.49. The molecule has 2 nitrogen and oxygen atoms in total. The zero-order valence-electron chi connectivity index (χ0n) is 10.7. The average molecular weight is 240 g/mol. The quantitative estimate of drug-likeness (QED) is 0.683. The molecule has 1 heterocycles. The summed E-state index contributed by atoms with van der Waals surface area (Å²) in [6, 6.07) is 2.23. The highest BCUT2D eigenvalue weighted by Gasteiger charge is 2.01. The molecule has 0 unspecified atom stereocenters. The molecule has 3 heteroatoms. The summed E-state index contributed by atoms with van der Waals surface area (Å²) in [7, 11) is 0. The highest BCUT2D eigenvalue weighted by molar-refractivity contribution is 7.10. The van der Waals surface area contributed by atoms with E-state index >= 15 is 0 Å². The van der Waals surface area contributed by atoms with E-state index in [1.165, 1.54) is 10.4 Å². The summed E-state index contributed by atoms with van der Waals surface area (Å²) in [5.74, 6) is 0.740. The first-order valence-electron chi connectivity index (χ1n) is 6.20. The molecule has 1 aromatic rings. The molecule has 0 aliphatic carbocycles. The van der Waals surface area contributed by atoms with Crippen LogP contribution in [0.25, 0.3) is 0 Å². The standard InChI is InChI=1S/C13H24N2S/c1-4-12-5-8-16-13(12)10-15-7-6-14-9-11(2)3/h5,8,11,14-15H,4,6-7,9-10H2,1-3H3. The Bertz CT molecular complexity index is 281. The van der Waals surface area contributed by atoms with Gasteiger partial charge in [0.1, 0.15) is 0 Å². The second-order valence-electron chi connectivity index (χ2n) is 4.50. The molecule has 0 aliphatic rings. The Labute approximate surface area is 103 Å². The van der Waals surface area contributed by atoms with Gasteiger partial charge >= 0.3 is 0 Å². The monoisotopic (exact) mass is 240 g/mol. The molecule has 16 heavy (non-hydrogen) atoms. The Morgan fingerprint density at radius 1 is 1.25 bits per heavy atom. The van der Waals surface area contributed by atoms with Gasteiger partial charge in [-0.2, -0.15) is 0 Å². The number of thiophene rings is 1. The molecule has 0 aliphatic heterocycles. The van der Waals surface area contributed by atoms with E-state index in [4.69, 9.17) is 0 Å². The Morgan fingerprint density at radius 3 is 2.69 bits per heavy atom.